The molecule has 0 aromatic carbocycles. The predicted octanol–water partition coefficient (Wildman–Crippen LogP) is 0.415. The van der Waals surface area contributed by atoms with Gasteiger partial charge in [-0.2, -0.15) is 4.98 Å². The number of rotatable bonds is 10. The van der Waals surface area contributed by atoms with Crippen molar-refractivity contribution in [3.63, 3.8) is 0 Å². The average molecular weight is 658 g/mol. The number of aliphatic hydroxyl groups is 1. The highest BCUT2D eigenvalue weighted by Gasteiger charge is 2.43. The Labute approximate surface area is 242 Å². The van der Waals surface area contributed by atoms with Gasteiger partial charge in [0.2, 0.25) is 0 Å². The molecule has 2 aliphatic rings. The van der Waals surface area contributed by atoms with Gasteiger partial charge in [-0.1, -0.05) is 24.5 Å². The zero-order valence-corrected chi connectivity index (χ0v) is 25.2. The van der Waals surface area contributed by atoms with Crippen LogP contribution in [0.3, 0.4) is 0 Å². The van der Waals surface area contributed by atoms with Crippen molar-refractivity contribution in [1.29, 1.82) is 0 Å². The Morgan fingerprint density at radius 2 is 1.66 bits per heavy atom. The minimum Gasteiger partial charge on any atom is -0.390 e. The van der Waals surface area contributed by atoms with Gasteiger partial charge in [-0.3, -0.25) is 32.5 Å². The summed E-state index contributed by atoms with van der Waals surface area (Å²) >= 11 is 7.45. The van der Waals surface area contributed by atoms with Crippen LogP contribution in [0.2, 0.25) is 0 Å². The maximum atomic E-state index is 13.1. The van der Waals surface area contributed by atoms with Gasteiger partial charge in [-0.15, -0.1) is 0 Å². The summed E-state index contributed by atoms with van der Waals surface area (Å²) in [6, 6.07) is 0. The maximum Gasteiger partial charge on any atom is 0.386 e. The minimum atomic E-state index is -4.24. The van der Waals surface area contributed by atoms with Gasteiger partial charge in [0.25, 0.3) is 5.56 Å². The van der Waals surface area contributed by atoms with Gasteiger partial charge in [0.05, 0.1) is 19.3 Å². The summed E-state index contributed by atoms with van der Waals surface area (Å²) in [6.45, 7) is -6.32. The van der Waals surface area contributed by atoms with Crippen LogP contribution in [-0.4, -0.2) is 66.7 Å². The van der Waals surface area contributed by atoms with E-state index in [-0.39, 0.29) is 24.2 Å². The van der Waals surface area contributed by atoms with Crippen LogP contribution in [0.15, 0.2) is 26.8 Å². The zero-order valence-electron chi connectivity index (χ0n) is 21.6. The molecule has 0 aliphatic carbocycles. The summed E-state index contributed by atoms with van der Waals surface area (Å²) in [5.41, 5.74) is 4.34. The van der Waals surface area contributed by atoms with Gasteiger partial charge < -0.3 is 25.2 Å². The molecule has 0 bridgehead atoms. The van der Waals surface area contributed by atoms with E-state index in [0.717, 1.165) is 4.57 Å². The molecule has 0 radical (unpaired) electrons. The Morgan fingerprint density at radius 3 is 2.34 bits per heavy atom. The molecule has 17 nitrogen and oxygen atoms in total. The molecule has 2 aliphatic heterocycles. The van der Waals surface area contributed by atoms with E-state index in [1.54, 1.807) is 6.92 Å². The third kappa shape index (κ3) is 8.00. The first-order valence-electron chi connectivity index (χ1n) is 12.0. The Kier molecular flexibility index (Phi) is 9.77. The molecule has 8 atom stereocenters. The van der Waals surface area contributed by atoms with Crippen LogP contribution in [0.1, 0.15) is 36.4 Å². The highest BCUT2D eigenvalue weighted by molar-refractivity contribution is 8.44. The number of ether oxygens (including phenoxy) is 2. The van der Waals surface area contributed by atoms with Gasteiger partial charge in [0, 0.05) is 36.4 Å². The second-order valence-electron chi connectivity index (χ2n) is 9.47. The second kappa shape index (κ2) is 12.5. The number of hydrogen-bond acceptors (Lipinski definition) is 13. The number of aromatic amines is 1. The number of aromatic nitrogens is 4. The molecule has 21 heteroatoms. The number of aliphatic hydroxyl groups excluding tert-OH is 1. The van der Waals surface area contributed by atoms with E-state index in [1.165, 1.54) is 23.9 Å². The zero-order chi connectivity index (χ0) is 30.3. The van der Waals surface area contributed by atoms with E-state index < -0.39 is 80.6 Å². The van der Waals surface area contributed by atoms with E-state index in [1.807, 2.05) is 0 Å². The first-order chi connectivity index (χ1) is 19.0. The van der Waals surface area contributed by atoms with Crippen molar-refractivity contribution in [2.24, 2.45) is 0 Å². The Morgan fingerprint density at radius 1 is 1.05 bits per heavy atom. The lowest BCUT2D eigenvalue weighted by molar-refractivity contribution is -0.0490. The molecule has 2 aromatic rings. The molecular formula is C20H29N5O12P2S2. The summed E-state index contributed by atoms with van der Waals surface area (Å²) in [6.07, 6.45) is -3.74. The molecule has 41 heavy (non-hydrogen) atoms. The molecule has 0 spiro atoms. The first-order valence-corrected chi connectivity index (χ1v) is 17.5. The highest BCUT2D eigenvalue weighted by atomic mass is 32.7. The summed E-state index contributed by atoms with van der Waals surface area (Å²) in [5, 5.41) is 10.5. The van der Waals surface area contributed by atoms with Gasteiger partial charge in [0.15, 0.2) is 0 Å². The summed E-state index contributed by atoms with van der Waals surface area (Å²) in [5.74, 6) is 0.0661. The Balaban J connectivity index is 1.44. The quantitative estimate of drug-likeness (QED) is 0.150. The van der Waals surface area contributed by atoms with Crippen LogP contribution in [0, 0.1) is 13.8 Å². The van der Waals surface area contributed by atoms with Crippen LogP contribution in [-0.2, 0) is 32.2 Å². The monoisotopic (exact) mass is 657 g/mol. The van der Waals surface area contributed by atoms with Gasteiger partial charge in [-0.05, 0) is 13.8 Å². The molecule has 4 rings (SSSR count). The lowest BCUT2D eigenvalue weighted by atomic mass is 10.2. The average Bonchev–Trinajstić information content (AvgIpc) is 3.43. The molecule has 2 unspecified atom stereocenters. The van der Waals surface area contributed by atoms with E-state index in [2.05, 4.69) is 34.5 Å². The normalized spacial score (nSPS) is 29.3. The first kappa shape index (κ1) is 32.2. The van der Waals surface area contributed by atoms with E-state index in [0.29, 0.717) is 5.56 Å². The second-order valence-corrected chi connectivity index (χ2v) is 15.1. The fraction of sp³-hybridized carbons (Fsp3) is 0.600. The SMILES string of the molecule is Cc1cn([C@H]2C[C@@H](O)[C@@H](COP(=O)(S)O[C@@H]3C[C@H](n4cc(C)c(=O)[nH]c4=O)O[C@@H]3COP(=O)(O)S)O2)c(=O)nc1N. The van der Waals surface area contributed by atoms with Gasteiger partial charge in [0.1, 0.15) is 36.6 Å². The smallest absolute Gasteiger partial charge is 0.386 e. The Hall–Kier alpha value is -1.76. The van der Waals surface area contributed by atoms with Crippen molar-refractivity contribution < 1.29 is 42.2 Å². The number of nitrogens with zero attached hydrogens (tertiary/aromatic N) is 3. The van der Waals surface area contributed by atoms with Crippen molar-refractivity contribution in [3.05, 3.63) is 54.8 Å². The Bertz CT molecular complexity index is 1560. The van der Waals surface area contributed by atoms with Crippen molar-refractivity contribution in [2.45, 2.75) is 63.6 Å². The fourth-order valence-corrected chi connectivity index (χ4v) is 6.36. The minimum absolute atomic E-state index is 0.00649. The largest absolute Gasteiger partial charge is 0.390 e. The number of nitrogens with two attached hydrogens (primary N) is 1. The van der Waals surface area contributed by atoms with Crippen LogP contribution >= 0.6 is 38.1 Å². The molecule has 2 saturated heterocycles. The molecule has 0 saturated carbocycles. The predicted molar refractivity (Wildman–Crippen MR) is 149 cm³/mol. The molecule has 2 fully saturated rings. The van der Waals surface area contributed by atoms with Crippen LogP contribution in [0.5, 0.6) is 0 Å². The third-order valence-corrected chi connectivity index (χ3v) is 8.88. The van der Waals surface area contributed by atoms with Gasteiger partial charge in [-0.25, -0.2) is 18.7 Å². The van der Waals surface area contributed by atoms with Crippen molar-refractivity contribution in [1.82, 2.24) is 19.1 Å². The summed E-state index contributed by atoms with van der Waals surface area (Å²) in [7, 11) is 0. The van der Waals surface area contributed by atoms with Crippen molar-refractivity contribution >= 4 is 43.9 Å². The number of nitrogen functional groups attached to an aromatic ring is 1. The van der Waals surface area contributed by atoms with E-state index in [4.69, 9.17) is 28.8 Å². The fourth-order valence-electron chi connectivity index (χ4n) is 4.29. The number of hydrogen-bond donors (Lipinski definition) is 6. The number of thiol groups is 2. The summed E-state index contributed by atoms with van der Waals surface area (Å²) < 4.78 is 54.2. The van der Waals surface area contributed by atoms with Crippen LogP contribution in [0.4, 0.5) is 5.82 Å². The van der Waals surface area contributed by atoms with Crippen LogP contribution < -0.4 is 22.7 Å². The van der Waals surface area contributed by atoms with Crippen molar-refractivity contribution in [3.8, 4) is 0 Å². The maximum absolute atomic E-state index is 13.1. The lowest BCUT2D eigenvalue weighted by Crippen LogP contribution is -2.33. The molecular weight excluding hydrogens is 628 g/mol. The lowest BCUT2D eigenvalue weighted by Gasteiger charge is -2.23. The standard InChI is InChI=1S/C20H29N5O12P2S2/c1-9-5-24(19(28)22-17(9)21)15-3-11(26)13(35-15)7-34-39(32,41)37-12-4-16(36-14(12)8-33-38(30,31)40)25-6-10(2)18(27)23-20(25)29/h5-6,11-16,26H,3-4,7-8H2,1-2H3,(H,32,41)(H2,21,22,28)(H,23,27,29)(H2,30,31,40)/t11-,12-,13-,14-,15-,16-,39?/m1/s1. The summed E-state index contributed by atoms with van der Waals surface area (Å²) in [4.78, 5) is 51.6. The molecule has 5 N–H and O–H groups in total. The van der Waals surface area contributed by atoms with Crippen molar-refractivity contribution in [2.75, 3.05) is 18.9 Å². The van der Waals surface area contributed by atoms with Crippen LogP contribution in [0.25, 0.3) is 0 Å². The molecule has 4 heterocycles. The van der Waals surface area contributed by atoms with E-state index in [9.17, 15) is 33.5 Å². The van der Waals surface area contributed by atoms with Gasteiger partial charge >= 0.3 is 25.0 Å². The van der Waals surface area contributed by atoms with E-state index >= 15 is 0 Å². The number of anilines is 1. The topological polar surface area (TPSA) is 237 Å². The molecule has 0 amide bonds. The number of H-pyrrole nitrogens is 1. The number of aryl methyl sites for hydroxylation is 2. The number of nitrogens with one attached hydrogen (secondary N) is 1. The third-order valence-electron chi connectivity index (χ3n) is 6.40. The molecule has 2 aromatic heterocycles. The molecule has 228 valence electrons. The highest BCUT2D eigenvalue weighted by Crippen LogP contribution is 2.57.